The van der Waals surface area contributed by atoms with Gasteiger partial charge in [-0.05, 0) is 110 Å². The Balaban J connectivity index is 1.16. The summed E-state index contributed by atoms with van der Waals surface area (Å²) in [6.45, 7) is 5.61. The summed E-state index contributed by atoms with van der Waals surface area (Å²) < 4.78 is 12.3. The Bertz CT molecular complexity index is 1200. The molecule has 36 heavy (non-hydrogen) atoms. The second-order valence-corrected chi connectivity index (χ2v) is 9.78. The van der Waals surface area contributed by atoms with E-state index in [-0.39, 0.29) is 12.0 Å². The molecule has 2 aliphatic rings. The van der Waals surface area contributed by atoms with E-state index < -0.39 is 0 Å². The van der Waals surface area contributed by atoms with E-state index in [2.05, 4.69) is 17.1 Å². The number of benzene rings is 3. The van der Waals surface area contributed by atoms with Gasteiger partial charge in [0.1, 0.15) is 23.4 Å². The molecular formula is C30H35N3O3. The Hall–Kier alpha value is -3.51. The molecule has 1 amide bonds. The van der Waals surface area contributed by atoms with Gasteiger partial charge in [0, 0.05) is 30.0 Å². The predicted molar refractivity (Wildman–Crippen MR) is 144 cm³/mol. The molecule has 0 saturated carbocycles. The lowest BCUT2D eigenvalue weighted by Gasteiger charge is -2.32. The third kappa shape index (κ3) is 5.82. The van der Waals surface area contributed by atoms with Crippen molar-refractivity contribution in [2.24, 2.45) is 0 Å². The van der Waals surface area contributed by atoms with Crippen molar-refractivity contribution in [3.05, 3.63) is 77.4 Å². The summed E-state index contributed by atoms with van der Waals surface area (Å²) in [4.78, 5) is 15.4. The number of piperidine rings is 1. The average Bonchev–Trinajstić information content (AvgIpc) is 3.07. The fraction of sp³-hybridized carbons (Fsp3) is 0.367. The van der Waals surface area contributed by atoms with Crippen LogP contribution in [0.4, 0.5) is 11.4 Å². The topological polar surface area (TPSA) is 76.8 Å². The predicted octanol–water partition coefficient (Wildman–Crippen LogP) is 6.06. The van der Waals surface area contributed by atoms with Crippen LogP contribution in [0.1, 0.15) is 54.1 Å². The first-order valence-electron chi connectivity index (χ1n) is 13.1. The van der Waals surface area contributed by atoms with Crippen LogP contribution in [0.5, 0.6) is 17.2 Å². The molecule has 3 N–H and O–H groups in total. The van der Waals surface area contributed by atoms with E-state index in [1.807, 2.05) is 60.7 Å². The number of hydrogen-bond donors (Lipinski definition) is 2. The number of anilines is 2. The van der Waals surface area contributed by atoms with Crippen molar-refractivity contribution in [2.75, 3.05) is 30.7 Å². The Morgan fingerprint density at radius 2 is 1.69 bits per heavy atom. The molecule has 6 heteroatoms. The minimum Gasteiger partial charge on any atom is -0.490 e. The monoisotopic (exact) mass is 485 g/mol. The first-order chi connectivity index (χ1) is 17.6. The van der Waals surface area contributed by atoms with Gasteiger partial charge < -0.3 is 25.4 Å². The lowest BCUT2D eigenvalue weighted by Crippen LogP contribution is -2.38. The van der Waals surface area contributed by atoms with Crippen molar-refractivity contribution in [1.82, 2.24) is 4.90 Å². The maximum atomic E-state index is 12.9. The van der Waals surface area contributed by atoms with Gasteiger partial charge in [-0.1, -0.05) is 13.3 Å². The molecule has 0 unspecified atom stereocenters. The van der Waals surface area contributed by atoms with Crippen molar-refractivity contribution in [3.8, 4) is 17.2 Å². The highest BCUT2D eigenvalue weighted by Gasteiger charge is 2.20. The van der Waals surface area contributed by atoms with Crippen LogP contribution in [-0.4, -0.2) is 36.5 Å². The van der Waals surface area contributed by atoms with Gasteiger partial charge in [-0.25, -0.2) is 0 Å². The number of unbranched alkanes of at least 4 members (excludes halogenated alkanes) is 1. The van der Waals surface area contributed by atoms with Crippen LogP contribution in [-0.2, 0) is 12.8 Å². The van der Waals surface area contributed by atoms with E-state index in [9.17, 15) is 4.79 Å². The molecule has 0 bridgehead atoms. The highest BCUT2D eigenvalue weighted by Crippen LogP contribution is 2.36. The van der Waals surface area contributed by atoms with Crippen molar-refractivity contribution in [3.63, 3.8) is 0 Å². The Kier molecular flexibility index (Phi) is 7.42. The first kappa shape index (κ1) is 24.2. The number of hydrogen-bond acceptors (Lipinski definition) is 5. The number of carbonyl (C=O) groups excluding carboxylic acids is 1. The van der Waals surface area contributed by atoms with E-state index in [1.165, 1.54) is 19.4 Å². The van der Waals surface area contributed by atoms with Gasteiger partial charge in [0.2, 0.25) is 0 Å². The van der Waals surface area contributed by atoms with Crippen molar-refractivity contribution < 1.29 is 14.3 Å². The summed E-state index contributed by atoms with van der Waals surface area (Å²) >= 11 is 0. The van der Waals surface area contributed by atoms with Crippen LogP contribution in [0.25, 0.3) is 0 Å². The zero-order chi connectivity index (χ0) is 24.9. The smallest absolute Gasteiger partial charge is 0.255 e. The summed E-state index contributed by atoms with van der Waals surface area (Å²) in [6.07, 6.45) is 6.49. The van der Waals surface area contributed by atoms with Crippen molar-refractivity contribution in [2.45, 2.75) is 51.6 Å². The van der Waals surface area contributed by atoms with Crippen LogP contribution in [0.3, 0.4) is 0 Å². The van der Waals surface area contributed by atoms with Crippen molar-refractivity contribution in [1.29, 1.82) is 0 Å². The van der Waals surface area contributed by atoms with Crippen molar-refractivity contribution >= 4 is 17.3 Å². The zero-order valence-electron chi connectivity index (χ0n) is 21.0. The Morgan fingerprint density at radius 3 is 2.42 bits per heavy atom. The molecule has 3 aromatic rings. The summed E-state index contributed by atoms with van der Waals surface area (Å²) in [7, 11) is 0. The molecule has 5 rings (SSSR count). The summed E-state index contributed by atoms with van der Waals surface area (Å²) in [5.74, 6) is 2.33. The van der Waals surface area contributed by atoms with E-state index in [1.54, 1.807) is 0 Å². The highest BCUT2D eigenvalue weighted by atomic mass is 16.5. The van der Waals surface area contributed by atoms with E-state index in [4.69, 9.17) is 15.2 Å². The SMILES string of the molecule is CCCCN1CCC(Oc2ccc(C(=O)Nc3ccc4c(c3)CCc3cc(N)ccc3O4)cc2)CC1. The summed E-state index contributed by atoms with van der Waals surface area (Å²) in [5.41, 5.74) is 10.2. The second-order valence-electron chi connectivity index (χ2n) is 9.78. The van der Waals surface area contributed by atoms with Crippen LogP contribution < -0.4 is 20.5 Å². The summed E-state index contributed by atoms with van der Waals surface area (Å²) in [5, 5.41) is 3.02. The number of amides is 1. The molecule has 0 radical (unpaired) electrons. The standard InChI is InChI=1S/C30H35N3O3/c1-2-3-16-33-17-14-27(15-18-33)35-26-10-6-21(7-11-26)30(34)32-25-9-13-29-23(20-25)5-4-22-19-24(31)8-12-28(22)36-29/h6-13,19-20,27H,2-5,14-18,31H2,1H3,(H,32,34). The summed E-state index contributed by atoms with van der Waals surface area (Å²) in [6, 6.07) is 19.0. The molecule has 0 aliphatic carbocycles. The number of rotatable bonds is 7. The molecule has 1 fully saturated rings. The van der Waals surface area contributed by atoms with Gasteiger partial charge in [-0.2, -0.15) is 0 Å². The van der Waals surface area contributed by atoms with E-state index >= 15 is 0 Å². The number of carbonyl (C=O) groups is 1. The quantitative estimate of drug-likeness (QED) is 0.398. The Morgan fingerprint density at radius 1 is 1.00 bits per heavy atom. The van der Waals surface area contributed by atoms with Crippen LogP contribution in [0.15, 0.2) is 60.7 Å². The van der Waals surface area contributed by atoms with Gasteiger partial charge in [-0.3, -0.25) is 4.79 Å². The zero-order valence-corrected chi connectivity index (χ0v) is 21.0. The molecular weight excluding hydrogens is 450 g/mol. The van der Waals surface area contributed by atoms with Crippen LogP contribution >= 0.6 is 0 Å². The molecule has 188 valence electrons. The number of nitrogen functional groups attached to an aromatic ring is 1. The molecule has 2 heterocycles. The maximum Gasteiger partial charge on any atom is 0.255 e. The Labute approximate surface area is 213 Å². The number of nitrogens with one attached hydrogen (secondary N) is 1. The van der Waals surface area contributed by atoms with Gasteiger partial charge in [-0.15, -0.1) is 0 Å². The average molecular weight is 486 g/mol. The van der Waals surface area contributed by atoms with Gasteiger partial charge in [0.15, 0.2) is 0 Å². The number of fused-ring (bicyclic) bond motifs is 2. The molecule has 0 aromatic heterocycles. The molecule has 2 aliphatic heterocycles. The molecule has 3 aromatic carbocycles. The molecule has 0 atom stereocenters. The number of aryl methyl sites for hydroxylation is 2. The second kappa shape index (κ2) is 11.0. The normalized spacial score (nSPS) is 15.8. The van der Waals surface area contributed by atoms with Crippen LogP contribution in [0.2, 0.25) is 0 Å². The largest absolute Gasteiger partial charge is 0.490 e. The lowest BCUT2D eigenvalue weighted by atomic mass is 10.0. The third-order valence-electron chi connectivity index (χ3n) is 7.07. The number of ether oxygens (including phenoxy) is 2. The molecule has 1 saturated heterocycles. The van der Waals surface area contributed by atoms with Gasteiger partial charge in [0.05, 0.1) is 0 Å². The molecule has 6 nitrogen and oxygen atoms in total. The third-order valence-corrected chi connectivity index (χ3v) is 7.07. The van der Waals surface area contributed by atoms with E-state index in [0.29, 0.717) is 5.56 Å². The van der Waals surface area contributed by atoms with Gasteiger partial charge in [0.25, 0.3) is 5.91 Å². The number of likely N-dealkylation sites (tertiary alicyclic amines) is 1. The molecule has 0 spiro atoms. The fourth-order valence-electron chi connectivity index (χ4n) is 4.95. The van der Waals surface area contributed by atoms with E-state index in [0.717, 1.165) is 78.5 Å². The minimum atomic E-state index is -0.142. The fourth-order valence-corrected chi connectivity index (χ4v) is 4.95. The first-order valence-corrected chi connectivity index (χ1v) is 13.1. The maximum absolute atomic E-state index is 12.9. The van der Waals surface area contributed by atoms with Gasteiger partial charge >= 0.3 is 0 Å². The number of nitrogens with zero attached hydrogens (tertiary/aromatic N) is 1. The highest BCUT2D eigenvalue weighted by molar-refractivity contribution is 6.04. The lowest BCUT2D eigenvalue weighted by molar-refractivity contribution is 0.0997. The minimum absolute atomic E-state index is 0.142. The number of nitrogens with two attached hydrogens (primary N) is 1. The van der Waals surface area contributed by atoms with Crippen LogP contribution in [0, 0.1) is 0 Å².